The Morgan fingerprint density at radius 1 is 1.19 bits per heavy atom. The van der Waals surface area contributed by atoms with Gasteiger partial charge in [-0.15, -0.1) is 0 Å². The van der Waals surface area contributed by atoms with Crippen LogP contribution in [0.4, 0.5) is 0 Å². The van der Waals surface area contributed by atoms with E-state index < -0.39 is 18.2 Å². The van der Waals surface area contributed by atoms with Crippen LogP contribution >= 0.6 is 0 Å². The first kappa shape index (κ1) is 18.9. The van der Waals surface area contributed by atoms with Gasteiger partial charge in [-0.05, 0) is 32.4 Å². The number of aromatic nitrogens is 1. The summed E-state index contributed by atoms with van der Waals surface area (Å²) in [7, 11) is 0. The highest BCUT2D eigenvalue weighted by atomic mass is 16.5. The summed E-state index contributed by atoms with van der Waals surface area (Å²) in [5.41, 5.74) is 2.09. The van der Waals surface area contributed by atoms with E-state index in [1.54, 1.807) is 13.8 Å². The molecular weight excluding hydrogens is 332 g/mol. The maximum absolute atomic E-state index is 12.5. The minimum atomic E-state index is -0.507. The Hall–Kier alpha value is -1.89. The van der Waals surface area contributed by atoms with E-state index in [9.17, 15) is 15.0 Å². The second-order valence-corrected chi connectivity index (χ2v) is 7.44. The summed E-state index contributed by atoms with van der Waals surface area (Å²) in [6.45, 7) is 6.93. The number of morpholine rings is 1. The molecule has 2 heterocycles. The molecule has 0 bridgehead atoms. The predicted octanol–water partition coefficient (Wildman–Crippen LogP) is 1.56. The van der Waals surface area contributed by atoms with Crippen LogP contribution < -0.4 is 0 Å². The first-order valence-electron chi connectivity index (χ1n) is 9.22. The number of fused-ring (bicyclic) bond motifs is 1. The van der Waals surface area contributed by atoms with Gasteiger partial charge >= 0.3 is 5.97 Å². The number of β-amino-alcohol motifs (C(OH)–C–C–N with tert-alkyl or cyclic N) is 1. The van der Waals surface area contributed by atoms with Crippen LogP contribution in [0.25, 0.3) is 10.9 Å². The van der Waals surface area contributed by atoms with E-state index in [0.717, 1.165) is 16.5 Å². The fourth-order valence-corrected chi connectivity index (χ4v) is 3.80. The highest BCUT2D eigenvalue weighted by molar-refractivity contribution is 5.85. The molecule has 26 heavy (non-hydrogen) atoms. The number of benzene rings is 1. The van der Waals surface area contributed by atoms with Gasteiger partial charge in [0.15, 0.2) is 0 Å². The number of rotatable bonds is 6. The zero-order valence-corrected chi connectivity index (χ0v) is 15.6. The van der Waals surface area contributed by atoms with Gasteiger partial charge in [-0.3, -0.25) is 9.69 Å². The average Bonchev–Trinajstić information content (AvgIpc) is 2.87. The number of nitrogens with zero attached hydrogens (tertiary/aromatic N) is 2. The summed E-state index contributed by atoms with van der Waals surface area (Å²) in [5, 5.41) is 20.7. The molecule has 4 atom stereocenters. The number of para-hydroxylation sites is 1. The van der Waals surface area contributed by atoms with Gasteiger partial charge in [-0.2, -0.15) is 0 Å². The SMILES string of the molecule is CC(O)CN1CC(C)OC(=O)C1Cc1cn(CC(C)O)c2ccccc12. The number of hydrogen-bond acceptors (Lipinski definition) is 5. The van der Waals surface area contributed by atoms with Crippen LogP contribution in [0.3, 0.4) is 0 Å². The average molecular weight is 360 g/mol. The molecule has 0 aliphatic carbocycles. The summed E-state index contributed by atoms with van der Waals surface area (Å²) in [6.07, 6.45) is 1.40. The quantitative estimate of drug-likeness (QED) is 0.765. The van der Waals surface area contributed by atoms with Crippen molar-refractivity contribution >= 4 is 16.9 Å². The number of aliphatic hydroxyl groups excluding tert-OH is 2. The molecule has 1 fully saturated rings. The molecule has 1 aliphatic rings. The third kappa shape index (κ3) is 4.09. The van der Waals surface area contributed by atoms with Gasteiger partial charge in [-0.25, -0.2) is 0 Å². The lowest BCUT2D eigenvalue weighted by molar-refractivity contribution is -0.165. The van der Waals surface area contributed by atoms with Gasteiger partial charge in [0, 0.05) is 43.2 Å². The van der Waals surface area contributed by atoms with E-state index in [4.69, 9.17) is 4.74 Å². The molecule has 1 aromatic heterocycles. The molecule has 0 amide bonds. The number of aliphatic hydroxyl groups is 2. The number of hydrogen-bond donors (Lipinski definition) is 2. The molecule has 3 rings (SSSR count). The van der Waals surface area contributed by atoms with Crippen LogP contribution in [-0.2, 0) is 22.5 Å². The molecule has 0 saturated carbocycles. The van der Waals surface area contributed by atoms with Gasteiger partial charge in [0.1, 0.15) is 12.1 Å². The van der Waals surface area contributed by atoms with Crippen LogP contribution in [0, 0.1) is 0 Å². The van der Waals surface area contributed by atoms with Crippen molar-refractivity contribution in [1.29, 1.82) is 0 Å². The molecule has 6 heteroatoms. The summed E-state index contributed by atoms with van der Waals surface area (Å²) in [5.74, 6) is -0.239. The summed E-state index contributed by atoms with van der Waals surface area (Å²) in [6, 6.07) is 7.61. The standard InChI is InChI=1S/C20H28N2O4/c1-13(23)9-21-11-15(3)26-20(25)19(21)8-16-12-22(10-14(2)24)18-7-5-4-6-17(16)18/h4-7,12-15,19,23-24H,8-11H2,1-3H3. The number of esters is 1. The van der Waals surface area contributed by atoms with Crippen molar-refractivity contribution in [3.63, 3.8) is 0 Å². The van der Waals surface area contributed by atoms with Crippen LogP contribution in [0.2, 0.25) is 0 Å². The summed E-state index contributed by atoms with van der Waals surface area (Å²) < 4.78 is 7.49. The highest BCUT2D eigenvalue weighted by Gasteiger charge is 2.35. The van der Waals surface area contributed by atoms with Gasteiger partial charge in [0.25, 0.3) is 0 Å². The van der Waals surface area contributed by atoms with Crippen molar-refractivity contribution in [3.8, 4) is 0 Å². The van der Waals surface area contributed by atoms with Gasteiger partial charge in [-0.1, -0.05) is 18.2 Å². The molecule has 1 saturated heterocycles. The van der Waals surface area contributed by atoms with E-state index in [1.807, 2.05) is 46.9 Å². The van der Waals surface area contributed by atoms with Crippen molar-refractivity contribution in [2.24, 2.45) is 0 Å². The molecule has 2 N–H and O–H groups in total. The smallest absolute Gasteiger partial charge is 0.324 e. The summed E-state index contributed by atoms with van der Waals surface area (Å²) >= 11 is 0. The Balaban J connectivity index is 1.92. The van der Waals surface area contributed by atoms with Crippen molar-refractivity contribution < 1.29 is 19.7 Å². The van der Waals surface area contributed by atoms with Gasteiger partial charge in [0.2, 0.25) is 0 Å². The molecule has 1 aromatic carbocycles. The van der Waals surface area contributed by atoms with Gasteiger partial charge < -0.3 is 19.5 Å². The Morgan fingerprint density at radius 2 is 1.88 bits per heavy atom. The Labute approximate surface area is 154 Å². The van der Waals surface area contributed by atoms with E-state index in [2.05, 4.69) is 0 Å². The zero-order chi connectivity index (χ0) is 18.8. The molecular formula is C20H28N2O4. The monoisotopic (exact) mass is 360 g/mol. The van der Waals surface area contributed by atoms with E-state index in [1.165, 1.54) is 0 Å². The van der Waals surface area contributed by atoms with Crippen LogP contribution in [-0.4, -0.2) is 63.1 Å². The Morgan fingerprint density at radius 3 is 2.58 bits per heavy atom. The second kappa shape index (κ2) is 7.78. The van der Waals surface area contributed by atoms with Crippen molar-refractivity contribution in [2.75, 3.05) is 13.1 Å². The minimum Gasteiger partial charge on any atom is -0.460 e. The molecule has 142 valence electrons. The lowest BCUT2D eigenvalue weighted by Gasteiger charge is -2.37. The lowest BCUT2D eigenvalue weighted by Crippen LogP contribution is -2.54. The Kier molecular flexibility index (Phi) is 5.65. The summed E-state index contributed by atoms with van der Waals surface area (Å²) in [4.78, 5) is 14.5. The maximum Gasteiger partial charge on any atom is 0.324 e. The van der Waals surface area contributed by atoms with E-state index in [0.29, 0.717) is 26.1 Å². The number of carbonyl (C=O) groups excluding carboxylic acids is 1. The van der Waals surface area contributed by atoms with Crippen molar-refractivity contribution in [1.82, 2.24) is 9.47 Å². The normalized spacial score (nSPS) is 23.8. The second-order valence-electron chi connectivity index (χ2n) is 7.44. The molecule has 2 aromatic rings. The first-order chi connectivity index (χ1) is 12.3. The number of cyclic esters (lactones) is 1. The highest BCUT2D eigenvalue weighted by Crippen LogP contribution is 2.26. The van der Waals surface area contributed by atoms with Crippen molar-refractivity contribution in [2.45, 2.75) is 58.1 Å². The largest absolute Gasteiger partial charge is 0.460 e. The van der Waals surface area contributed by atoms with E-state index >= 15 is 0 Å². The third-order valence-corrected chi connectivity index (χ3v) is 4.77. The van der Waals surface area contributed by atoms with Crippen LogP contribution in [0.1, 0.15) is 26.3 Å². The predicted molar refractivity (Wildman–Crippen MR) is 99.9 cm³/mol. The van der Waals surface area contributed by atoms with Crippen LogP contribution in [0.5, 0.6) is 0 Å². The number of ether oxygens (including phenoxy) is 1. The Bertz CT molecular complexity index is 766. The molecule has 1 aliphatic heterocycles. The topological polar surface area (TPSA) is 74.9 Å². The molecule has 4 unspecified atom stereocenters. The number of carbonyl (C=O) groups is 1. The van der Waals surface area contributed by atoms with Gasteiger partial charge in [0.05, 0.1) is 12.2 Å². The van der Waals surface area contributed by atoms with Crippen molar-refractivity contribution in [3.05, 3.63) is 36.0 Å². The fraction of sp³-hybridized carbons (Fsp3) is 0.550. The minimum absolute atomic E-state index is 0.172. The maximum atomic E-state index is 12.5. The first-order valence-corrected chi connectivity index (χ1v) is 9.22. The van der Waals surface area contributed by atoms with Crippen LogP contribution in [0.15, 0.2) is 30.5 Å². The van der Waals surface area contributed by atoms with E-state index in [-0.39, 0.29) is 12.1 Å². The lowest BCUT2D eigenvalue weighted by atomic mass is 10.0. The zero-order valence-electron chi connectivity index (χ0n) is 15.6. The molecule has 6 nitrogen and oxygen atoms in total. The third-order valence-electron chi connectivity index (χ3n) is 4.77. The fourth-order valence-electron chi connectivity index (χ4n) is 3.80. The molecule has 0 spiro atoms. The molecule has 0 radical (unpaired) electrons.